The number of hydrogen-bond acceptors (Lipinski definition) is 2. The Morgan fingerprint density at radius 3 is 2.84 bits per heavy atom. The molecule has 0 bridgehead atoms. The predicted molar refractivity (Wildman–Crippen MR) is 81.1 cm³/mol. The predicted octanol–water partition coefficient (Wildman–Crippen LogP) is 3.76. The molecule has 2 nitrogen and oxygen atoms in total. The Labute approximate surface area is 123 Å². The molecule has 0 amide bonds. The van der Waals surface area contributed by atoms with Crippen LogP contribution in [0, 0.1) is 0 Å². The van der Waals surface area contributed by atoms with Gasteiger partial charge in [-0.2, -0.15) is 0 Å². The van der Waals surface area contributed by atoms with Crippen molar-refractivity contribution < 1.29 is 4.74 Å². The molecule has 0 atom stereocenters. The zero-order valence-electron chi connectivity index (χ0n) is 11.1. The number of benzene rings is 1. The van der Waals surface area contributed by atoms with E-state index in [-0.39, 0.29) is 0 Å². The molecule has 1 aliphatic heterocycles. The average molecular weight is 322 g/mol. The van der Waals surface area contributed by atoms with Crippen LogP contribution in [-0.2, 0) is 11.3 Å². The highest BCUT2D eigenvalue weighted by molar-refractivity contribution is 9.10. The van der Waals surface area contributed by atoms with E-state index in [1.54, 1.807) is 0 Å². The molecule has 1 saturated carbocycles. The molecule has 0 saturated heterocycles. The van der Waals surface area contributed by atoms with Gasteiger partial charge in [0, 0.05) is 23.6 Å². The Kier molecular flexibility index (Phi) is 4.36. The highest BCUT2D eigenvalue weighted by Crippen LogP contribution is 2.29. The lowest BCUT2D eigenvalue weighted by atomic mass is 10.1. The van der Waals surface area contributed by atoms with Gasteiger partial charge in [-0.05, 0) is 42.5 Å². The van der Waals surface area contributed by atoms with Gasteiger partial charge in [0.15, 0.2) is 0 Å². The fourth-order valence-corrected chi connectivity index (χ4v) is 3.05. The molecular weight excluding hydrogens is 302 g/mol. The molecule has 0 N–H and O–H groups in total. The topological polar surface area (TPSA) is 12.5 Å². The quantitative estimate of drug-likeness (QED) is 0.766. The highest BCUT2D eigenvalue weighted by Gasteiger charge is 2.29. The zero-order valence-corrected chi connectivity index (χ0v) is 12.7. The van der Waals surface area contributed by atoms with Gasteiger partial charge in [0.1, 0.15) is 0 Å². The van der Waals surface area contributed by atoms with Crippen LogP contribution in [0.25, 0.3) is 0 Å². The van der Waals surface area contributed by atoms with Crippen LogP contribution in [0.5, 0.6) is 0 Å². The van der Waals surface area contributed by atoms with Gasteiger partial charge in [0.25, 0.3) is 0 Å². The van der Waals surface area contributed by atoms with Crippen LogP contribution >= 0.6 is 15.9 Å². The molecule has 3 rings (SSSR count). The summed E-state index contributed by atoms with van der Waals surface area (Å²) in [5.41, 5.74) is 2.84. The van der Waals surface area contributed by atoms with Crippen LogP contribution in [0.4, 0.5) is 0 Å². The SMILES string of the molecule is Brc1cccc(CN(CC2=CCCOC2)C2CC2)c1. The Bertz CT molecular complexity index is 468. The lowest BCUT2D eigenvalue weighted by Crippen LogP contribution is -2.29. The Morgan fingerprint density at radius 1 is 1.26 bits per heavy atom. The van der Waals surface area contributed by atoms with E-state index in [1.807, 2.05) is 0 Å². The van der Waals surface area contributed by atoms with Gasteiger partial charge in [0.05, 0.1) is 13.2 Å². The average Bonchev–Trinajstić information content (AvgIpc) is 3.23. The first-order valence-corrected chi connectivity index (χ1v) is 7.85. The van der Waals surface area contributed by atoms with Crippen molar-refractivity contribution in [1.82, 2.24) is 4.90 Å². The van der Waals surface area contributed by atoms with Crippen LogP contribution in [-0.4, -0.2) is 30.7 Å². The summed E-state index contributed by atoms with van der Waals surface area (Å²) in [6.45, 7) is 3.82. The number of nitrogens with zero attached hydrogens (tertiary/aromatic N) is 1. The van der Waals surface area contributed by atoms with Crippen LogP contribution < -0.4 is 0 Å². The van der Waals surface area contributed by atoms with E-state index in [4.69, 9.17) is 4.74 Å². The first kappa shape index (κ1) is 13.3. The lowest BCUT2D eigenvalue weighted by Gasteiger charge is -2.25. The van der Waals surface area contributed by atoms with E-state index >= 15 is 0 Å². The molecule has 1 aliphatic carbocycles. The molecule has 1 heterocycles. The van der Waals surface area contributed by atoms with E-state index < -0.39 is 0 Å². The molecule has 0 aromatic heterocycles. The van der Waals surface area contributed by atoms with Crippen molar-refractivity contribution in [3.8, 4) is 0 Å². The summed E-state index contributed by atoms with van der Waals surface area (Å²) in [6.07, 6.45) is 6.13. The number of rotatable bonds is 5. The minimum Gasteiger partial charge on any atom is -0.377 e. The number of halogens is 1. The Hall–Kier alpha value is -0.640. The lowest BCUT2D eigenvalue weighted by molar-refractivity contribution is 0.140. The number of hydrogen-bond donors (Lipinski definition) is 0. The van der Waals surface area contributed by atoms with Crippen molar-refractivity contribution in [2.24, 2.45) is 0 Å². The van der Waals surface area contributed by atoms with Crippen molar-refractivity contribution in [3.05, 3.63) is 46.0 Å². The molecular formula is C16H20BrNO. The normalized spacial score (nSPS) is 19.6. The Morgan fingerprint density at radius 2 is 2.16 bits per heavy atom. The minimum absolute atomic E-state index is 0.779. The van der Waals surface area contributed by atoms with E-state index in [9.17, 15) is 0 Å². The molecule has 3 heteroatoms. The van der Waals surface area contributed by atoms with Crippen molar-refractivity contribution in [2.75, 3.05) is 19.8 Å². The van der Waals surface area contributed by atoms with Crippen LogP contribution in [0.2, 0.25) is 0 Å². The summed E-state index contributed by atoms with van der Waals surface area (Å²) in [6, 6.07) is 9.42. The molecule has 102 valence electrons. The van der Waals surface area contributed by atoms with E-state index in [1.165, 1.54) is 28.5 Å². The highest BCUT2D eigenvalue weighted by atomic mass is 79.9. The van der Waals surface area contributed by atoms with Gasteiger partial charge in [-0.3, -0.25) is 4.90 Å². The first-order valence-electron chi connectivity index (χ1n) is 7.05. The summed E-state index contributed by atoms with van der Waals surface area (Å²) in [5, 5.41) is 0. The summed E-state index contributed by atoms with van der Waals surface area (Å²) in [7, 11) is 0. The van der Waals surface area contributed by atoms with Gasteiger partial charge in [-0.25, -0.2) is 0 Å². The molecule has 1 fully saturated rings. The second kappa shape index (κ2) is 6.21. The number of ether oxygens (including phenoxy) is 1. The minimum atomic E-state index is 0.779. The van der Waals surface area contributed by atoms with E-state index in [0.29, 0.717) is 0 Å². The second-order valence-corrected chi connectivity index (χ2v) is 6.39. The maximum Gasteiger partial charge on any atom is 0.0689 e. The monoisotopic (exact) mass is 321 g/mol. The van der Waals surface area contributed by atoms with Crippen LogP contribution in [0.3, 0.4) is 0 Å². The first-order chi connectivity index (χ1) is 9.31. The van der Waals surface area contributed by atoms with Crippen molar-refractivity contribution in [2.45, 2.75) is 31.8 Å². The maximum absolute atomic E-state index is 5.55. The summed E-state index contributed by atoms with van der Waals surface area (Å²) >= 11 is 3.55. The zero-order chi connectivity index (χ0) is 13.1. The molecule has 2 aliphatic rings. The smallest absolute Gasteiger partial charge is 0.0689 e. The van der Waals surface area contributed by atoms with E-state index in [2.05, 4.69) is 51.2 Å². The fourth-order valence-electron chi connectivity index (χ4n) is 2.60. The molecule has 0 radical (unpaired) electrons. The molecule has 19 heavy (non-hydrogen) atoms. The fraction of sp³-hybridized carbons (Fsp3) is 0.500. The third-order valence-corrected chi connectivity index (χ3v) is 4.22. The summed E-state index contributed by atoms with van der Waals surface area (Å²) in [5.74, 6) is 0. The van der Waals surface area contributed by atoms with Crippen molar-refractivity contribution in [1.29, 1.82) is 0 Å². The van der Waals surface area contributed by atoms with Gasteiger partial charge >= 0.3 is 0 Å². The largest absolute Gasteiger partial charge is 0.377 e. The van der Waals surface area contributed by atoms with Gasteiger partial charge in [0.2, 0.25) is 0 Å². The third-order valence-electron chi connectivity index (χ3n) is 3.73. The van der Waals surface area contributed by atoms with Gasteiger partial charge < -0.3 is 4.74 Å². The maximum atomic E-state index is 5.55. The Balaban J connectivity index is 1.65. The second-order valence-electron chi connectivity index (χ2n) is 5.47. The van der Waals surface area contributed by atoms with Crippen molar-refractivity contribution in [3.63, 3.8) is 0 Å². The molecule has 0 unspecified atom stereocenters. The standard InChI is InChI=1S/C16H20BrNO/c17-15-5-1-3-13(9-15)10-18(16-6-7-16)11-14-4-2-8-19-12-14/h1,3-5,9,16H,2,6-8,10-12H2. The van der Waals surface area contributed by atoms with Gasteiger partial charge in [-0.15, -0.1) is 0 Å². The van der Waals surface area contributed by atoms with E-state index in [0.717, 1.165) is 38.8 Å². The molecule has 1 aromatic rings. The van der Waals surface area contributed by atoms with Crippen LogP contribution in [0.1, 0.15) is 24.8 Å². The van der Waals surface area contributed by atoms with Crippen molar-refractivity contribution >= 4 is 15.9 Å². The summed E-state index contributed by atoms with van der Waals surface area (Å²) in [4.78, 5) is 2.60. The van der Waals surface area contributed by atoms with Gasteiger partial charge in [-0.1, -0.05) is 34.1 Å². The van der Waals surface area contributed by atoms with Crippen LogP contribution in [0.15, 0.2) is 40.4 Å². The summed E-state index contributed by atoms with van der Waals surface area (Å²) < 4.78 is 6.72. The third kappa shape index (κ3) is 3.91. The molecule has 0 spiro atoms. The molecule has 1 aromatic carbocycles.